The molecule has 0 saturated carbocycles. The molecule has 1 rings (SSSR count). The summed E-state index contributed by atoms with van der Waals surface area (Å²) in [5.74, 6) is 0.330. The van der Waals surface area contributed by atoms with Crippen molar-refractivity contribution < 1.29 is 17.9 Å². The highest BCUT2D eigenvalue weighted by molar-refractivity contribution is 8.13. The number of pyridine rings is 1. The maximum absolute atomic E-state index is 10.9. The number of nitrogens with zero attached hydrogens (tertiary/aromatic N) is 1. The van der Waals surface area contributed by atoms with E-state index in [-0.39, 0.29) is 4.90 Å². The molecule has 0 N–H and O–H groups in total. The fourth-order valence-corrected chi connectivity index (χ4v) is 1.51. The van der Waals surface area contributed by atoms with Gasteiger partial charge in [-0.15, -0.1) is 0 Å². The molecule has 7 heteroatoms. The Morgan fingerprint density at radius 1 is 1.40 bits per heavy atom. The zero-order valence-electron chi connectivity index (χ0n) is 8.01. The van der Waals surface area contributed by atoms with Crippen molar-refractivity contribution in [3.05, 3.63) is 18.3 Å². The lowest BCUT2D eigenvalue weighted by molar-refractivity contribution is 0.143. The molecule has 0 saturated heterocycles. The van der Waals surface area contributed by atoms with E-state index >= 15 is 0 Å². The molecule has 0 radical (unpaired) electrons. The number of ether oxygens (including phenoxy) is 2. The van der Waals surface area contributed by atoms with Gasteiger partial charge in [0.2, 0.25) is 5.88 Å². The van der Waals surface area contributed by atoms with E-state index in [1.807, 2.05) is 0 Å². The van der Waals surface area contributed by atoms with Crippen molar-refractivity contribution >= 4 is 19.7 Å². The van der Waals surface area contributed by atoms with E-state index in [0.29, 0.717) is 19.1 Å². The van der Waals surface area contributed by atoms with Gasteiger partial charge in [-0.25, -0.2) is 13.4 Å². The lowest BCUT2D eigenvalue weighted by atomic mass is 10.5. The fraction of sp³-hybridized carbons (Fsp3) is 0.375. The van der Waals surface area contributed by atoms with Gasteiger partial charge >= 0.3 is 0 Å². The van der Waals surface area contributed by atoms with Gasteiger partial charge in [-0.1, -0.05) is 0 Å². The molecule has 15 heavy (non-hydrogen) atoms. The molecule has 0 unspecified atom stereocenters. The number of methoxy groups -OCH3 is 1. The van der Waals surface area contributed by atoms with Crippen LogP contribution in [-0.2, 0) is 13.8 Å². The molecule has 0 bridgehead atoms. The van der Waals surface area contributed by atoms with E-state index in [4.69, 9.17) is 20.2 Å². The summed E-state index contributed by atoms with van der Waals surface area (Å²) in [5, 5.41) is 0. The molecule has 0 fully saturated rings. The molecule has 0 aliphatic rings. The van der Waals surface area contributed by atoms with Gasteiger partial charge in [0.25, 0.3) is 9.05 Å². The molecule has 1 aromatic rings. The van der Waals surface area contributed by atoms with Crippen molar-refractivity contribution in [3.63, 3.8) is 0 Å². The van der Waals surface area contributed by atoms with Crippen LogP contribution in [-0.4, -0.2) is 33.7 Å². The smallest absolute Gasteiger partial charge is 0.262 e. The third-order valence-electron chi connectivity index (χ3n) is 1.53. The summed E-state index contributed by atoms with van der Waals surface area (Å²) in [4.78, 5) is 3.72. The van der Waals surface area contributed by atoms with Crippen molar-refractivity contribution in [3.8, 4) is 5.88 Å². The van der Waals surface area contributed by atoms with Crippen molar-refractivity contribution in [2.24, 2.45) is 0 Å². The van der Waals surface area contributed by atoms with Crippen LogP contribution in [0.15, 0.2) is 23.2 Å². The SMILES string of the molecule is COCCOc1ccc(S(=O)(=O)Cl)cn1. The quantitative estimate of drug-likeness (QED) is 0.578. The van der Waals surface area contributed by atoms with E-state index in [2.05, 4.69) is 4.98 Å². The Labute approximate surface area is 92.4 Å². The van der Waals surface area contributed by atoms with E-state index in [0.717, 1.165) is 6.20 Å². The minimum absolute atomic E-state index is 0.0525. The van der Waals surface area contributed by atoms with Crippen molar-refractivity contribution in [1.82, 2.24) is 4.98 Å². The van der Waals surface area contributed by atoms with Gasteiger partial charge in [-0.05, 0) is 6.07 Å². The highest BCUT2D eigenvalue weighted by atomic mass is 35.7. The second-order valence-corrected chi connectivity index (χ2v) is 5.18. The third-order valence-corrected chi connectivity index (χ3v) is 2.87. The van der Waals surface area contributed by atoms with Gasteiger partial charge in [-0.2, -0.15) is 0 Å². The molecule has 0 aliphatic carbocycles. The first-order valence-corrected chi connectivity index (χ1v) is 6.37. The number of halogens is 1. The molecule has 1 heterocycles. The number of aromatic nitrogens is 1. The van der Waals surface area contributed by atoms with Gasteiger partial charge in [0.15, 0.2) is 0 Å². The number of hydrogen-bond acceptors (Lipinski definition) is 5. The van der Waals surface area contributed by atoms with Crippen LogP contribution >= 0.6 is 10.7 Å². The average Bonchev–Trinajstić information content (AvgIpc) is 2.18. The van der Waals surface area contributed by atoms with Crippen molar-refractivity contribution in [2.45, 2.75) is 4.90 Å². The van der Waals surface area contributed by atoms with E-state index in [1.165, 1.54) is 12.1 Å². The zero-order chi connectivity index (χ0) is 11.3. The summed E-state index contributed by atoms with van der Waals surface area (Å²) in [5.41, 5.74) is 0. The maximum atomic E-state index is 10.9. The largest absolute Gasteiger partial charge is 0.475 e. The van der Waals surface area contributed by atoms with Crippen molar-refractivity contribution in [2.75, 3.05) is 20.3 Å². The Balaban J connectivity index is 2.65. The summed E-state index contributed by atoms with van der Waals surface area (Å²) in [6, 6.07) is 2.77. The van der Waals surface area contributed by atoms with Crippen molar-refractivity contribution in [1.29, 1.82) is 0 Å². The van der Waals surface area contributed by atoms with Crippen LogP contribution in [0.5, 0.6) is 5.88 Å². The van der Waals surface area contributed by atoms with Gasteiger partial charge in [0.05, 0.1) is 12.8 Å². The minimum atomic E-state index is -3.72. The Bertz CT molecular complexity index is 403. The Hall–Kier alpha value is -0.850. The summed E-state index contributed by atoms with van der Waals surface area (Å²) in [6.07, 6.45) is 1.14. The maximum Gasteiger partial charge on any atom is 0.262 e. The van der Waals surface area contributed by atoms with E-state index in [1.54, 1.807) is 7.11 Å². The molecular formula is C8H10ClNO4S. The predicted octanol–water partition coefficient (Wildman–Crippen LogP) is 1.03. The molecule has 0 aliphatic heterocycles. The van der Waals surface area contributed by atoms with Crippen LogP contribution in [0.2, 0.25) is 0 Å². The molecule has 84 valence electrons. The Morgan fingerprint density at radius 3 is 2.60 bits per heavy atom. The lowest BCUT2D eigenvalue weighted by Gasteiger charge is -2.03. The predicted molar refractivity (Wildman–Crippen MR) is 54.6 cm³/mol. The molecule has 0 atom stereocenters. The number of hydrogen-bond donors (Lipinski definition) is 0. The first-order valence-electron chi connectivity index (χ1n) is 4.06. The summed E-state index contributed by atoms with van der Waals surface area (Å²) in [7, 11) is 2.95. The van der Waals surface area contributed by atoms with Crippen LogP contribution in [0.4, 0.5) is 0 Å². The van der Waals surface area contributed by atoms with Gasteiger partial charge in [0.1, 0.15) is 11.5 Å². The summed E-state index contributed by atoms with van der Waals surface area (Å²) < 4.78 is 31.7. The normalized spacial score (nSPS) is 11.3. The van der Waals surface area contributed by atoms with Gasteiger partial charge in [0, 0.05) is 23.9 Å². The summed E-state index contributed by atoms with van der Waals surface area (Å²) >= 11 is 0. The van der Waals surface area contributed by atoms with Crippen LogP contribution in [0.3, 0.4) is 0 Å². The molecule has 1 aromatic heterocycles. The highest BCUT2D eigenvalue weighted by Crippen LogP contribution is 2.15. The van der Waals surface area contributed by atoms with Crippen LogP contribution in [0, 0.1) is 0 Å². The van der Waals surface area contributed by atoms with E-state index in [9.17, 15) is 8.42 Å². The van der Waals surface area contributed by atoms with Crippen LogP contribution in [0.1, 0.15) is 0 Å². The van der Waals surface area contributed by atoms with Crippen LogP contribution in [0.25, 0.3) is 0 Å². The molecule has 5 nitrogen and oxygen atoms in total. The standard InChI is InChI=1S/C8H10ClNO4S/c1-13-4-5-14-8-3-2-7(6-10-8)15(9,11)12/h2-3,6H,4-5H2,1H3. The Kier molecular flexibility index (Phi) is 4.31. The first kappa shape index (κ1) is 12.2. The Morgan fingerprint density at radius 2 is 2.13 bits per heavy atom. The van der Waals surface area contributed by atoms with Gasteiger partial charge < -0.3 is 9.47 Å². The van der Waals surface area contributed by atoms with Crippen LogP contribution < -0.4 is 4.74 Å². The second-order valence-electron chi connectivity index (χ2n) is 2.61. The highest BCUT2D eigenvalue weighted by Gasteiger charge is 2.09. The monoisotopic (exact) mass is 251 g/mol. The molecule has 0 aromatic carbocycles. The molecule has 0 spiro atoms. The fourth-order valence-electron chi connectivity index (χ4n) is 0.826. The lowest BCUT2D eigenvalue weighted by Crippen LogP contribution is -2.05. The average molecular weight is 252 g/mol. The van der Waals surface area contributed by atoms with Gasteiger partial charge in [-0.3, -0.25) is 0 Å². The zero-order valence-corrected chi connectivity index (χ0v) is 9.59. The molecular weight excluding hydrogens is 242 g/mol. The summed E-state index contributed by atoms with van der Waals surface area (Å²) in [6.45, 7) is 0.799. The topological polar surface area (TPSA) is 65.5 Å². The second kappa shape index (κ2) is 5.29. The third kappa shape index (κ3) is 4.03. The van der Waals surface area contributed by atoms with E-state index < -0.39 is 9.05 Å². The molecule has 0 amide bonds. The number of rotatable bonds is 5. The first-order chi connectivity index (χ1) is 7.04. The minimum Gasteiger partial charge on any atom is -0.475 e.